The number of carbonyl (C=O) groups is 1. The Labute approximate surface area is 101 Å². The van der Waals surface area contributed by atoms with E-state index >= 15 is 0 Å². The quantitative estimate of drug-likeness (QED) is 0.212. The predicted molar refractivity (Wildman–Crippen MR) is 71.6 cm³/mol. The molecule has 0 rings (SSSR count). The van der Waals surface area contributed by atoms with Crippen LogP contribution >= 0.6 is 0 Å². The van der Waals surface area contributed by atoms with Crippen LogP contribution in [-0.2, 0) is 4.79 Å². The summed E-state index contributed by atoms with van der Waals surface area (Å²) in [7, 11) is 0. The van der Waals surface area contributed by atoms with E-state index < -0.39 is 0 Å². The first-order valence-corrected chi connectivity index (χ1v) is 6.68. The van der Waals surface area contributed by atoms with Gasteiger partial charge in [-0.2, -0.15) is 0 Å². The van der Waals surface area contributed by atoms with Crippen LogP contribution in [0.3, 0.4) is 0 Å². The average molecular weight is 222 g/mol. The van der Waals surface area contributed by atoms with E-state index in [1.807, 2.05) is 6.08 Å². The zero-order valence-corrected chi connectivity index (χ0v) is 10.7. The van der Waals surface area contributed by atoms with Crippen molar-refractivity contribution in [3.05, 3.63) is 24.3 Å². The molecule has 0 radical (unpaired) electrons. The molecule has 0 N–H and O–H groups in total. The minimum absolute atomic E-state index is 0.806. The number of hydrogen-bond donors (Lipinski definition) is 0. The van der Waals surface area contributed by atoms with Crippen LogP contribution in [0.2, 0.25) is 0 Å². The van der Waals surface area contributed by atoms with Crippen LogP contribution in [0.25, 0.3) is 0 Å². The van der Waals surface area contributed by atoms with E-state index in [4.69, 9.17) is 0 Å². The van der Waals surface area contributed by atoms with E-state index in [1.54, 1.807) is 6.08 Å². The highest BCUT2D eigenvalue weighted by molar-refractivity contribution is 5.65. The number of unbranched alkanes of at least 4 members (excludes halogenated alkanes) is 8. The lowest BCUT2D eigenvalue weighted by Crippen LogP contribution is -1.79. The second-order valence-corrected chi connectivity index (χ2v) is 4.21. The zero-order chi connectivity index (χ0) is 11.9. The summed E-state index contributed by atoms with van der Waals surface area (Å²) in [5.41, 5.74) is 0. The molecule has 0 heterocycles. The van der Waals surface area contributed by atoms with Crippen LogP contribution in [0, 0.1) is 0 Å². The molecule has 0 saturated carbocycles. The monoisotopic (exact) mass is 222 g/mol. The number of hydrogen-bond acceptors (Lipinski definition) is 1. The van der Waals surface area contributed by atoms with Crippen LogP contribution in [-0.4, -0.2) is 6.29 Å². The van der Waals surface area contributed by atoms with Gasteiger partial charge in [0.05, 0.1) is 0 Å². The van der Waals surface area contributed by atoms with E-state index in [0.29, 0.717) is 0 Å². The van der Waals surface area contributed by atoms with E-state index in [2.05, 4.69) is 13.0 Å². The Hall–Kier alpha value is -0.850. The molecule has 0 aliphatic rings. The molecule has 0 spiro atoms. The second kappa shape index (κ2) is 14.2. The molecule has 0 aliphatic heterocycles. The van der Waals surface area contributed by atoms with Crippen molar-refractivity contribution in [1.82, 2.24) is 0 Å². The van der Waals surface area contributed by atoms with E-state index in [9.17, 15) is 4.79 Å². The Kier molecular flexibility index (Phi) is 13.4. The molecule has 0 bridgehead atoms. The van der Waals surface area contributed by atoms with E-state index in [-0.39, 0.29) is 0 Å². The van der Waals surface area contributed by atoms with Crippen molar-refractivity contribution in [2.24, 2.45) is 0 Å². The maximum atomic E-state index is 9.97. The molecule has 0 aromatic carbocycles. The highest BCUT2D eigenvalue weighted by Crippen LogP contribution is 2.09. The molecule has 0 atom stereocenters. The van der Waals surface area contributed by atoms with Gasteiger partial charge >= 0.3 is 0 Å². The summed E-state index contributed by atoms with van der Waals surface area (Å²) in [4.78, 5) is 9.97. The predicted octanol–water partition coefficient (Wildman–Crippen LogP) is 4.83. The molecule has 1 nitrogen and oxygen atoms in total. The first kappa shape index (κ1) is 15.2. The third-order valence-corrected chi connectivity index (χ3v) is 2.66. The summed E-state index contributed by atoms with van der Waals surface area (Å²) in [6, 6.07) is 0. The van der Waals surface area contributed by atoms with Crippen LogP contribution in [0.15, 0.2) is 24.3 Å². The van der Waals surface area contributed by atoms with Gasteiger partial charge in [0.15, 0.2) is 0 Å². The van der Waals surface area contributed by atoms with Crippen molar-refractivity contribution in [2.45, 2.75) is 64.7 Å². The lowest BCUT2D eigenvalue weighted by Gasteiger charge is -1.99. The summed E-state index contributed by atoms with van der Waals surface area (Å²) >= 11 is 0. The Morgan fingerprint density at radius 1 is 0.750 bits per heavy atom. The van der Waals surface area contributed by atoms with Gasteiger partial charge in [0.1, 0.15) is 6.29 Å². The minimum atomic E-state index is 0.806. The third kappa shape index (κ3) is 13.2. The van der Waals surface area contributed by atoms with Crippen LogP contribution in [0.5, 0.6) is 0 Å². The summed E-state index contributed by atoms with van der Waals surface area (Å²) in [5.74, 6) is 0. The summed E-state index contributed by atoms with van der Waals surface area (Å²) in [6.07, 6.45) is 20.3. The maximum Gasteiger partial charge on any atom is 0.142 e. The van der Waals surface area contributed by atoms with Crippen molar-refractivity contribution in [3.8, 4) is 0 Å². The SMILES string of the molecule is CCCCCCCCCC/C=C/C=C\C=O. The van der Waals surface area contributed by atoms with Gasteiger partial charge in [0.2, 0.25) is 0 Å². The van der Waals surface area contributed by atoms with Crippen molar-refractivity contribution >= 4 is 6.29 Å². The van der Waals surface area contributed by atoms with Crippen molar-refractivity contribution in [3.63, 3.8) is 0 Å². The molecular formula is C15H26O. The Morgan fingerprint density at radius 3 is 2.00 bits per heavy atom. The molecule has 0 unspecified atom stereocenters. The highest BCUT2D eigenvalue weighted by Gasteiger charge is 1.89. The molecule has 0 saturated heterocycles. The van der Waals surface area contributed by atoms with Gasteiger partial charge in [-0.1, -0.05) is 70.1 Å². The van der Waals surface area contributed by atoms with Gasteiger partial charge in [-0.05, 0) is 18.9 Å². The smallest absolute Gasteiger partial charge is 0.142 e. The lowest BCUT2D eigenvalue weighted by atomic mass is 10.1. The van der Waals surface area contributed by atoms with Crippen LogP contribution < -0.4 is 0 Å². The standard InChI is InChI=1S/C15H26O/c1-2-3-4-5-6-7-8-9-10-11-12-13-14-15-16/h11-15H,2-10H2,1H3/b12-11+,14-13-. The third-order valence-electron chi connectivity index (χ3n) is 2.66. The van der Waals surface area contributed by atoms with Crippen LogP contribution in [0.1, 0.15) is 64.7 Å². The fraction of sp³-hybridized carbons (Fsp3) is 0.667. The first-order valence-electron chi connectivity index (χ1n) is 6.68. The lowest BCUT2D eigenvalue weighted by molar-refractivity contribution is -0.104. The summed E-state index contributed by atoms with van der Waals surface area (Å²) in [6.45, 7) is 2.26. The summed E-state index contributed by atoms with van der Waals surface area (Å²) < 4.78 is 0. The maximum absolute atomic E-state index is 9.97. The van der Waals surface area contributed by atoms with Gasteiger partial charge in [0.25, 0.3) is 0 Å². The highest BCUT2D eigenvalue weighted by atomic mass is 16.1. The summed E-state index contributed by atoms with van der Waals surface area (Å²) in [5, 5.41) is 0. The van der Waals surface area contributed by atoms with Gasteiger partial charge in [-0.15, -0.1) is 0 Å². The molecule has 1 heteroatoms. The fourth-order valence-corrected chi connectivity index (χ4v) is 1.68. The fourth-order valence-electron chi connectivity index (χ4n) is 1.68. The molecule has 0 aromatic rings. The van der Waals surface area contributed by atoms with Gasteiger partial charge in [-0.3, -0.25) is 4.79 Å². The Balaban J connectivity index is 3.06. The molecular weight excluding hydrogens is 196 g/mol. The van der Waals surface area contributed by atoms with Gasteiger partial charge < -0.3 is 0 Å². The van der Waals surface area contributed by atoms with Gasteiger partial charge in [0, 0.05) is 0 Å². The molecule has 16 heavy (non-hydrogen) atoms. The number of aldehydes is 1. The second-order valence-electron chi connectivity index (χ2n) is 4.21. The van der Waals surface area contributed by atoms with Crippen molar-refractivity contribution in [1.29, 1.82) is 0 Å². The molecule has 0 aliphatic carbocycles. The van der Waals surface area contributed by atoms with Crippen LogP contribution in [0.4, 0.5) is 0 Å². The number of rotatable bonds is 11. The first-order chi connectivity index (χ1) is 7.91. The topological polar surface area (TPSA) is 17.1 Å². The van der Waals surface area contributed by atoms with Crippen molar-refractivity contribution in [2.75, 3.05) is 0 Å². The molecule has 0 fully saturated rings. The Morgan fingerprint density at radius 2 is 1.38 bits per heavy atom. The number of carbonyl (C=O) groups excluding carboxylic acids is 1. The van der Waals surface area contributed by atoms with Crippen molar-refractivity contribution < 1.29 is 4.79 Å². The molecule has 0 aromatic heterocycles. The zero-order valence-electron chi connectivity index (χ0n) is 10.7. The Bertz CT molecular complexity index is 192. The largest absolute Gasteiger partial charge is 0.299 e. The minimum Gasteiger partial charge on any atom is -0.299 e. The average Bonchev–Trinajstić information content (AvgIpc) is 2.31. The normalized spacial score (nSPS) is 11.6. The van der Waals surface area contributed by atoms with Gasteiger partial charge in [-0.25, -0.2) is 0 Å². The number of allylic oxidation sites excluding steroid dienone is 4. The molecule has 92 valence electrons. The molecule has 0 amide bonds. The van der Waals surface area contributed by atoms with E-state index in [1.165, 1.54) is 57.4 Å². The van der Waals surface area contributed by atoms with E-state index in [0.717, 1.165) is 12.7 Å².